The summed E-state index contributed by atoms with van der Waals surface area (Å²) in [5, 5.41) is 10.00. The van der Waals surface area contributed by atoms with Gasteiger partial charge in [-0.1, -0.05) is 54.2 Å². The molecule has 0 aliphatic carbocycles. The molecule has 0 spiro atoms. The standard InChI is InChI=1S/C25H25N3OS/c1-17-9-10-20(15-19(17)3)16-30-25-27-26-24(23-8-6-5-7-18(23)2)28(25)21-11-13-22(29-4)14-12-21/h5-15H,16H2,1-4H3. The van der Waals surface area contributed by atoms with Crippen molar-refractivity contribution in [2.45, 2.75) is 31.7 Å². The molecule has 4 aromatic rings. The fourth-order valence-electron chi connectivity index (χ4n) is 3.37. The van der Waals surface area contributed by atoms with E-state index in [1.54, 1.807) is 18.9 Å². The average Bonchev–Trinajstić information content (AvgIpc) is 3.18. The zero-order valence-electron chi connectivity index (χ0n) is 17.7. The van der Waals surface area contributed by atoms with Crippen molar-refractivity contribution in [2.75, 3.05) is 7.11 Å². The van der Waals surface area contributed by atoms with E-state index in [4.69, 9.17) is 4.74 Å². The second kappa shape index (κ2) is 8.76. The summed E-state index contributed by atoms with van der Waals surface area (Å²) in [6.45, 7) is 6.39. The highest BCUT2D eigenvalue weighted by Crippen LogP contribution is 2.32. The quantitative estimate of drug-likeness (QED) is 0.354. The summed E-state index contributed by atoms with van der Waals surface area (Å²) in [5.41, 5.74) is 7.17. The Bertz CT molecular complexity index is 1170. The Hall–Kier alpha value is -3.05. The molecule has 0 aliphatic rings. The van der Waals surface area contributed by atoms with Crippen LogP contribution in [0.1, 0.15) is 22.3 Å². The number of nitrogens with zero attached hydrogens (tertiary/aromatic N) is 3. The van der Waals surface area contributed by atoms with Crippen LogP contribution in [0.2, 0.25) is 0 Å². The minimum atomic E-state index is 0.827. The number of rotatable bonds is 6. The number of ether oxygens (including phenoxy) is 1. The first kappa shape index (κ1) is 20.2. The maximum Gasteiger partial charge on any atom is 0.196 e. The van der Waals surface area contributed by atoms with E-state index in [9.17, 15) is 0 Å². The summed E-state index contributed by atoms with van der Waals surface area (Å²) in [4.78, 5) is 0. The minimum Gasteiger partial charge on any atom is -0.497 e. The van der Waals surface area contributed by atoms with Crippen molar-refractivity contribution in [1.82, 2.24) is 14.8 Å². The fraction of sp³-hybridized carbons (Fsp3) is 0.200. The smallest absolute Gasteiger partial charge is 0.196 e. The largest absolute Gasteiger partial charge is 0.497 e. The van der Waals surface area contributed by atoms with Crippen LogP contribution < -0.4 is 4.74 Å². The van der Waals surface area contributed by atoms with Crippen molar-refractivity contribution in [2.24, 2.45) is 0 Å². The van der Waals surface area contributed by atoms with Crippen LogP contribution >= 0.6 is 11.8 Å². The van der Waals surface area contributed by atoms with Gasteiger partial charge in [0.1, 0.15) is 5.75 Å². The van der Waals surface area contributed by atoms with Crippen molar-refractivity contribution in [3.8, 4) is 22.8 Å². The predicted octanol–water partition coefficient (Wildman–Crippen LogP) is 6.16. The Balaban J connectivity index is 1.74. The Morgan fingerprint density at radius 1 is 0.833 bits per heavy atom. The van der Waals surface area contributed by atoms with Crippen LogP contribution in [0.15, 0.2) is 71.9 Å². The van der Waals surface area contributed by atoms with E-state index >= 15 is 0 Å². The van der Waals surface area contributed by atoms with Gasteiger partial charge in [-0.05, 0) is 67.3 Å². The summed E-state index contributed by atoms with van der Waals surface area (Å²) in [6.07, 6.45) is 0. The molecule has 0 saturated carbocycles. The van der Waals surface area contributed by atoms with E-state index in [0.717, 1.165) is 33.7 Å². The number of hydrogen-bond donors (Lipinski definition) is 0. The van der Waals surface area contributed by atoms with Crippen LogP contribution in [0, 0.1) is 20.8 Å². The third-order valence-corrected chi connectivity index (χ3v) is 6.29. The van der Waals surface area contributed by atoms with Gasteiger partial charge in [0.2, 0.25) is 0 Å². The van der Waals surface area contributed by atoms with Crippen LogP contribution in [0.3, 0.4) is 0 Å². The van der Waals surface area contributed by atoms with Crippen molar-refractivity contribution in [1.29, 1.82) is 0 Å². The molecule has 4 rings (SSSR count). The van der Waals surface area contributed by atoms with Gasteiger partial charge in [0, 0.05) is 17.0 Å². The molecule has 0 saturated heterocycles. The van der Waals surface area contributed by atoms with Gasteiger partial charge in [-0.25, -0.2) is 0 Å². The lowest BCUT2D eigenvalue weighted by Crippen LogP contribution is -2.01. The van der Waals surface area contributed by atoms with Crippen molar-refractivity contribution in [3.05, 3.63) is 89.0 Å². The van der Waals surface area contributed by atoms with E-state index in [2.05, 4.69) is 65.9 Å². The summed E-state index contributed by atoms with van der Waals surface area (Å²) in [5.74, 6) is 2.51. The van der Waals surface area contributed by atoms with E-state index < -0.39 is 0 Å². The van der Waals surface area contributed by atoms with Crippen LogP contribution in [-0.4, -0.2) is 21.9 Å². The number of methoxy groups -OCH3 is 1. The Morgan fingerprint density at radius 3 is 2.30 bits per heavy atom. The molecular weight excluding hydrogens is 390 g/mol. The van der Waals surface area contributed by atoms with E-state index in [-0.39, 0.29) is 0 Å². The van der Waals surface area contributed by atoms with Gasteiger partial charge in [-0.15, -0.1) is 10.2 Å². The topological polar surface area (TPSA) is 39.9 Å². The molecule has 4 nitrogen and oxygen atoms in total. The molecular formula is C25H25N3OS. The van der Waals surface area contributed by atoms with Crippen molar-refractivity contribution < 1.29 is 4.74 Å². The highest BCUT2D eigenvalue weighted by atomic mass is 32.2. The number of aryl methyl sites for hydroxylation is 3. The first-order valence-corrected chi connectivity index (χ1v) is 10.9. The summed E-state index contributed by atoms with van der Waals surface area (Å²) in [6, 6.07) is 22.9. The fourth-order valence-corrected chi connectivity index (χ4v) is 4.26. The molecule has 0 fully saturated rings. The lowest BCUT2D eigenvalue weighted by molar-refractivity contribution is 0.414. The zero-order valence-corrected chi connectivity index (χ0v) is 18.5. The van der Waals surface area contributed by atoms with Gasteiger partial charge in [0.15, 0.2) is 11.0 Å². The van der Waals surface area contributed by atoms with Gasteiger partial charge in [0.25, 0.3) is 0 Å². The molecule has 0 bridgehead atoms. The molecule has 0 unspecified atom stereocenters. The number of aromatic nitrogens is 3. The molecule has 1 aromatic heterocycles. The summed E-state index contributed by atoms with van der Waals surface area (Å²) >= 11 is 1.70. The second-order valence-electron chi connectivity index (χ2n) is 7.36. The van der Waals surface area contributed by atoms with E-state index in [1.165, 1.54) is 22.3 Å². The van der Waals surface area contributed by atoms with Crippen LogP contribution in [0.4, 0.5) is 0 Å². The highest BCUT2D eigenvalue weighted by molar-refractivity contribution is 7.98. The van der Waals surface area contributed by atoms with Gasteiger partial charge < -0.3 is 4.74 Å². The second-order valence-corrected chi connectivity index (χ2v) is 8.30. The van der Waals surface area contributed by atoms with Crippen LogP contribution in [0.5, 0.6) is 5.75 Å². The Kier molecular flexibility index (Phi) is 5.91. The van der Waals surface area contributed by atoms with Crippen LogP contribution in [0.25, 0.3) is 17.1 Å². The van der Waals surface area contributed by atoms with Crippen LogP contribution in [-0.2, 0) is 5.75 Å². The molecule has 30 heavy (non-hydrogen) atoms. The molecule has 5 heteroatoms. The maximum absolute atomic E-state index is 5.33. The lowest BCUT2D eigenvalue weighted by Gasteiger charge is -2.12. The third kappa shape index (κ3) is 4.12. The molecule has 0 N–H and O–H groups in total. The third-order valence-electron chi connectivity index (χ3n) is 5.29. The molecule has 0 atom stereocenters. The summed E-state index contributed by atoms with van der Waals surface area (Å²) < 4.78 is 7.46. The minimum absolute atomic E-state index is 0.827. The van der Waals surface area contributed by atoms with E-state index in [0.29, 0.717) is 0 Å². The number of hydrogen-bond acceptors (Lipinski definition) is 4. The molecule has 152 valence electrons. The molecule has 1 heterocycles. The Labute approximate surface area is 181 Å². The predicted molar refractivity (Wildman–Crippen MR) is 124 cm³/mol. The first-order chi connectivity index (χ1) is 14.6. The zero-order chi connectivity index (χ0) is 21.1. The SMILES string of the molecule is COc1ccc(-n2c(SCc3ccc(C)c(C)c3)nnc2-c2ccccc2C)cc1. The Morgan fingerprint density at radius 2 is 1.60 bits per heavy atom. The molecule has 3 aromatic carbocycles. The maximum atomic E-state index is 5.33. The molecule has 0 aliphatic heterocycles. The number of benzene rings is 3. The first-order valence-electron chi connectivity index (χ1n) is 9.91. The number of thioether (sulfide) groups is 1. The average molecular weight is 416 g/mol. The van der Waals surface area contributed by atoms with Crippen molar-refractivity contribution in [3.63, 3.8) is 0 Å². The van der Waals surface area contributed by atoms with Gasteiger partial charge >= 0.3 is 0 Å². The highest BCUT2D eigenvalue weighted by Gasteiger charge is 2.17. The monoisotopic (exact) mass is 415 g/mol. The van der Waals surface area contributed by atoms with Gasteiger partial charge in [-0.3, -0.25) is 4.57 Å². The molecule has 0 amide bonds. The van der Waals surface area contributed by atoms with Gasteiger partial charge in [0.05, 0.1) is 7.11 Å². The van der Waals surface area contributed by atoms with Crippen molar-refractivity contribution >= 4 is 11.8 Å². The van der Waals surface area contributed by atoms with E-state index in [1.807, 2.05) is 36.4 Å². The summed E-state index contributed by atoms with van der Waals surface area (Å²) in [7, 11) is 1.68. The van der Waals surface area contributed by atoms with Gasteiger partial charge in [-0.2, -0.15) is 0 Å². The molecule has 0 radical (unpaired) electrons. The lowest BCUT2D eigenvalue weighted by atomic mass is 10.1. The normalized spacial score (nSPS) is 10.9.